The molecule has 0 unspecified atom stereocenters. The Kier molecular flexibility index (Phi) is 7.55. The molecule has 2 heterocycles. The summed E-state index contributed by atoms with van der Waals surface area (Å²) in [6, 6.07) is 13.0. The van der Waals surface area contributed by atoms with E-state index in [9.17, 15) is 9.18 Å². The van der Waals surface area contributed by atoms with Crippen molar-refractivity contribution in [2.75, 3.05) is 25.6 Å². The van der Waals surface area contributed by atoms with E-state index in [2.05, 4.69) is 25.8 Å². The van der Waals surface area contributed by atoms with Gasteiger partial charge in [-0.2, -0.15) is 0 Å². The van der Waals surface area contributed by atoms with Gasteiger partial charge < -0.3 is 25.0 Å². The maximum Gasteiger partial charge on any atom is 0.255 e. The van der Waals surface area contributed by atoms with E-state index in [1.165, 1.54) is 12.1 Å². The van der Waals surface area contributed by atoms with Gasteiger partial charge in [0.2, 0.25) is 0 Å². The zero-order valence-corrected chi connectivity index (χ0v) is 20.2. The fraction of sp³-hybridized carbons (Fsp3) is 0.231. The number of ether oxygens (including phenoxy) is 1. The highest BCUT2D eigenvalue weighted by Crippen LogP contribution is 2.30. The summed E-state index contributed by atoms with van der Waals surface area (Å²) in [7, 11) is 1.58. The van der Waals surface area contributed by atoms with E-state index in [-0.39, 0.29) is 36.4 Å². The first kappa shape index (κ1) is 24.8. The van der Waals surface area contributed by atoms with Gasteiger partial charge in [-0.25, -0.2) is 9.37 Å². The molecule has 4 rings (SSSR count). The number of hydrogen-bond acceptors (Lipinski definition) is 7. The van der Waals surface area contributed by atoms with Crippen LogP contribution in [0, 0.1) is 12.7 Å². The molecule has 2 aromatic carbocycles. The number of amides is 1. The van der Waals surface area contributed by atoms with Crippen molar-refractivity contribution in [3.8, 4) is 22.7 Å². The van der Waals surface area contributed by atoms with Crippen LogP contribution in [0.5, 0.6) is 5.75 Å². The third kappa shape index (κ3) is 5.49. The molecular formula is C26H27FN6O3. The number of hydrogen-bond donors (Lipinski definition) is 3. The predicted molar refractivity (Wildman–Crippen MR) is 134 cm³/mol. The molecule has 0 aliphatic rings. The SMILES string of the molecule is COc1cc(-c2cc(C(=O)NCCO)c(N[C@@H](C)c3ccc(F)cc3)nn2)ccc1-n1cnc(C)c1. The number of halogens is 1. The van der Waals surface area contributed by atoms with Crippen LogP contribution in [0.2, 0.25) is 0 Å². The molecule has 3 N–H and O–H groups in total. The average molecular weight is 491 g/mol. The minimum Gasteiger partial charge on any atom is -0.495 e. The first-order valence-electron chi connectivity index (χ1n) is 11.4. The monoisotopic (exact) mass is 490 g/mol. The van der Waals surface area contributed by atoms with E-state index in [1.54, 1.807) is 31.6 Å². The number of methoxy groups -OCH3 is 1. The second-order valence-electron chi connectivity index (χ2n) is 8.20. The van der Waals surface area contributed by atoms with E-state index < -0.39 is 5.91 Å². The number of nitrogens with one attached hydrogen (secondary N) is 2. The minimum absolute atomic E-state index is 0.0935. The van der Waals surface area contributed by atoms with E-state index in [0.29, 0.717) is 17.0 Å². The number of nitrogens with zero attached hydrogens (tertiary/aromatic N) is 4. The van der Waals surface area contributed by atoms with Gasteiger partial charge in [0.25, 0.3) is 5.91 Å². The average Bonchev–Trinajstić information content (AvgIpc) is 3.33. The smallest absolute Gasteiger partial charge is 0.255 e. The van der Waals surface area contributed by atoms with Gasteiger partial charge in [0, 0.05) is 18.3 Å². The summed E-state index contributed by atoms with van der Waals surface area (Å²) < 4.78 is 20.8. The van der Waals surface area contributed by atoms with Crippen molar-refractivity contribution >= 4 is 11.7 Å². The van der Waals surface area contributed by atoms with Crippen LogP contribution in [0.4, 0.5) is 10.2 Å². The van der Waals surface area contributed by atoms with Gasteiger partial charge in [-0.3, -0.25) is 4.79 Å². The highest BCUT2D eigenvalue weighted by molar-refractivity contribution is 5.99. The van der Waals surface area contributed by atoms with Crippen molar-refractivity contribution in [1.29, 1.82) is 0 Å². The molecule has 0 spiro atoms. The number of rotatable bonds is 9. The lowest BCUT2D eigenvalue weighted by Gasteiger charge is -2.18. The number of carbonyl (C=O) groups is 1. The highest BCUT2D eigenvalue weighted by atomic mass is 19.1. The van der Waals surface area contributed by atoms with Gasteiger partial charge >= 0.3 is 0 Å². The molecule has 0 radical (unpaired) electrons. The molecule has 10 heteroatoms. The highest BCUT2D eigenvalue weighted by Gasteiger charge is 2.19. The lowest BCUT2D eigenvalue weighted by molar-refractivity contribution is 0.0945. The maximum atomic E-state index is 13.3. The second-order valence-corrected chi connectivity index (χ2v) is 8.20. The van der Waals surface area contributed by atoms with Crippen LogP contribution in [0.1, 0.15) is 34.6 Å². The van der Waals surface area contributed by atoms with Crippen LogP contribution in [0.3, 0.4) is 0 Å². The lowest BCUT2D eigenvalue weighted by Crippen LogP contribution is -2.28. The van der Waals surface area contributed by atoms with Gasteiger partial charge in [-0.15, -0.1) is 10.2 Å². The van der Waals surface area contributed by atoms with Crippen molar-refractivity contribution in [3.63, 3.8) is 0 Å². The minimum atomic E-state index is -0.411. The quantitative estimate of drug-likeness (QED) is 0.328. The van der Waals surface area contributed by atoms with Crippen molar-refractivity contribution in [1.82, 2.24) is 25.1 Å². The molecule has 0 fully saturated rings. The van der Waals surface area contributed by atoms with Gasteiger partial charge in [0.1, 0.15) is 11.6 Å². The molecule has 0 saturated heterocycles. The fourth-order valence-corrected chi connectivity index (χ4v) is 3.72. The van der Waals surface area contributed by atoms with Crippen molar-refractivity contribution in [2.45, 2.75) is 19.9 Å². The van der Waals surface area contributed by atoms with Gasteiger partial charge in [-0.1, -0.05) is 18.2 Å². The first-order chi connectivity index (χ1) is 17.4. The molecule has 36 heavy (non-hydrogen) atoms. The third-order valence-electron chi connectivity index (χ3n) is 5.62. The fourth-order valence-electron chi connectivity index (χ4n) is 3.72. The van der Waals surface area contributed by atoms with E-state index in [0.717, 1.165) is 16.9 Å². The Morgan fingerprint density at radius 3 is 2.61 bits per heavy atom. The summed E-state index contributed by atoms with van der Waals surface area (Å²) in [4.78, 5) is 17.2. The van der Waals surface area contributed by atoms with Crippen LogP contribution < -0.4 is 15.4 Å². The number of imidazole rings is 1. The standard InChI is InChI=1S/C26H27FN6O3/c1-16-14-33(15-29-16)23-9-6-19(12-24(23)36-3)22-13-21(26(35)28-10-11-34)25(32-31-22)30-17(2)18-4-7-20(27)8-5-18/h4-9,12-15,17,34H,10-11H2,1-3H3,(H,28,35)(H,30,32)/t17-/m0/s1. The Balaban J connectivity index is 1.69. The molecule has 186 valence electrons. The second kappa shape index (κ2) is 11.0. The lowest BCUT2D eigenvalue weighted by atomic mass is 10.1. The molecule has 4 aromatic rings. The van der Waals surface area contributed by atoms with Crippen LogP contribution in [0.25, 0.3) is 16.9 Å². The molecule has 9 nitrogen and oxygen atoms in total. The zero-order chi connectivity index (χ0) is 25.7. The molecule has 0 bridgehead atoms. The normalized spacial score (nSPS) is 11.7. The van der Waals surface area contributed by atoms with Crippen LogP contribution in [-0.2, 0) is 0 Å². The summed E-state index contributed by atoms with van der Waals surface area (Å²) in [5, 5.41) is 23.6. The van der Waals surface area contributed by atoms with Crippen molar-refractivity contribution in [2.24, 2.45) is 0 Å². The number of anilines is 1. The summed E-state index contributed by atoms with van der Waals surface area (Å²) in [6.45, 7) is 3.68. The number of carbonyl (C=O) groups excluding carboxylic acids is 1. The van der Waals surface area contributed by atoms with E-state index >= 15 is 0 Å². The number of aliphatic hydroxyl groups excluding tert-OH is 1. The number of aryl methyl sites for hydroxylation is 1. The molecule has 0 saturated carbocycles. The largest absolute Gasteiger partial charge is 0.495 e. The van der Waals surface area contributed by atoms with Crippen molar-refractivity contribution in [3.05, 3.63) is 83.7 Å². The Labute approximate surface area is 208 Å². The molecule has 2 aromatic heterocycles. The van der Waals surface area contributed by atoms with Gasteiger partial charge in [-0.05, 0) is 49.7 Å². The van der Waals surface area contributed by atoms with Crippen LogP contribution in [0.15, 0.2) is 61.1 Å². The summed E-state index contributed by atoms with van der Waals surface area (Å²) in [5.41, 5.74) is 3.94. The number of benzene rings is 2. The molecular weight excluding hydrogens is 463 g/mol. The number of aliphatic hydroxyl groups is 1. The molecule has 0 aliphatic carbocycles. The van der Waals surface area contributed by atoms with Gasteiger partial charge in [0.05, 0.1) is 48.7 Å². The maximum absolute atomic E-state index is 13.3. The summed E-state index contributed by atoms with van der Waals surface area (Å²) >= 11 is 0. The van der Waals surface area contributed by atoms with Crippen LogP contribution >= 0.6 is 0 Å². The predicted octanol–water partition coefficient (Wildman–Crippen LogP) is 3.68. The van der Waals surface area contributed by atoms with E-state index in [4.69, 9.17) is 9.84 Å². The molecule has 0 aliphatic heterocycles. The Morgan fingerprint density at radius 2 is 1.94 bits per heavy atom. The van der Waals surface area contributed by atoms with Crippen molar-refractivity contribution < 1.29 is 19.0 Å². The Morgan fingerprint density at radius 1 is 1.17 bits per heavy atom. The number of aromatic nitrogens is 4. The van der Waals surface area contributed by atoms with Gasteiger partial charge in [0.15, 0.2) is 5.82 Å². The summed E-state index contributed by atoms with van der Waals surface area (Å²) in [6.07, 6.45) is 3.60. The van der Waals surface area contributed by atoms with E-state index in [1.807, 2.05) is 42.8 Å². The third-order valence-corrected chi connectivity index (χ3v) is 5.62. The van der Waals surface area contributed by atoms with Crippen LogP contribution in [-0.4, -0.2) is 51.0 Å². The zero-order valence-electron chi connectivity index (χ0n) is 20.2. The topological polar surface area (TPSA) is 114 Å². The molecule has 1 amide bonds. The summed E-state index contributed by atoms with van der Waals surface area (Å²) in [5.74, 6) is 0.129. The Bertz CT molecular complexity index is 1360. The first-order valence-corrected chi connectivity index (χ1v) is 11.4. The Hall–Kier alpha value is -4.31. The molecule has 1 atom stereocenters.